The number of nitrogens with one attached hydrogen (secondary N) is 3. The molecule has 3 N–H and O–H groups in total. The molecule has 5 nitrogen and oxygen atoms in total. The number of carbonyl (C=O) groups is 2. The molecule has 1 amide bonds. The van der Waals surface area contributed by atoms with Crippen LogP contribution in [-0.2, 0) is 4.79 Å². The molecule has 2 aromatic rings. The second-order valence-corrected chi connectivity index (χ2v) is 6.63. The molecule has 0 radical (unpaired) electrons. The van der Waals surface area contributed by atoms with Gasteiger partial charge in [0, 0.05) is 18.5 Å². The maximum absolute atomic E-state index is 11.8. The lowest BCUT2D eigenvalue weighted by Crippen LogP contribution is -2.43. The molecule has 0 unspecified atom stereocenters. The summed E-state index contributed by atoms with van der Waals surface area (Å²) in [6, 6.07) is 9.44. The van der Waals surface area contributed by atoms with E-state index in [0.29, 0.717) is 9.99 Å². The fourth-order valence-corrected chi connectivity index (χ4v) is 2.87. The molecule has 2 rings (SSSR count). The van der Waals surface area contributed by atoms with Crippen LogP contribution in [0.1, 0.15) is 33.6 Å². The Morgan fingerprint density at radius 3 is 2.58 bits per heavy atom. The molecule has 1 aromatic carbocycles. The van der Waals surface area contributed by atoms with Crippen LogP contribution < -0.4 is 16.2 Å². The quantitative estimate of drug-likeness (QED) is 0.433. The fourth-order valence-electron chi connectivity index (χ4n) is 2.02. The van der Waals surface area contributed by atoms with Gasteiger partial charge in [-0.15, -0.1) is 11.3 Å². The molecule has 1 heterocycles. The highest BCUT2D eigenvalue weighted by atomic mass is 32.1. The summed E-state index contributed by atoms with van der Waals surface area (Å²) >= 11 is 6.53. The number of thiocarbonyl (C=S) groups is 1. The molecular formula is C17H19N3O2S2. The summed E-state index contributed by atoms with van der Waals surface area (Å²) in [6.45, 7) is 4.01. The highest BCUT2D eigenvalue weighted by Gasteiger charge is 2.10. The van der Waals surface area contributed by atoms with E-state index < -0.39 is 0 Å². The lowest BCUT2D eigenvalue weighted by molar-refractivity contribution is -0.121. The predicted octanol–water partition coefficient (Wildman–Crippen LogP) is 3.35. The van der Waals surface area contributed by atoms with Gasteiger partial charge in [0.25, 0.3) is 0 Å². The Balaban J connectivity index is 1.74. The Labute approximate surface area is 150 Å². The molecule has 0 aliphatic heterocycles. The number of benzene rings is 1. The standard InChI is InChI=1S/C17H19N3O2S2/c1-11-5-3-6-13(12(11)2)18-17(23)20-19-16(22)9-8-14(21)15-7-4-10-24-15/h3-7,10H,8-9H2,1-2H3,(H,19,22)(H2,18,20,23). The summed E-state index contributed by atoms with van der Waals surface area (Å²) in [5.41, 5.74) is 8.27. The lowest BCUT2D eigenvalue weighted by Gasteiger charge is -2.14. The molecule has 1 aromatic heterocycles. The van der Waals surface area contributed by atoms with Crippen LogP contribution in [0.4, 0.5) is 5.69 Å². The van der Waals surface area contributed by atoms with Crippen LogP contribution in [-0.4, -0.2) is 16.8 Å². The number of rotatable bonds is 5. The number of anilines is 1. The highest BCUT2D eigenvalue weighted by Crippen LogP contribution is 2.17. The van der Waals surface area contributed by atoms with E-state index in [9.17, 15) is 9.59 Å². The van der Waals surface area contributed by atoms with E-state index in [0.717, 1.165) is 16.8 Å². The van der Waals surface area contributed by atoms with Gasteiger partial charge in [-0.1, -0.05) is 18.2 Å². The van der Waals surface area contributed by atoms with Crippen LogP contribution in [0.2, 0.25) is 0 Å². The Bertz CT molecular complexity index is 742. The van der Waals surface area contributed by atoms with Crippen molar-refractivity contribution in [1.82, 2.24) is 10.9 Å². The highest BCUT2D eigenvalue weighted by molar-refractivity contribution is 7.80. The van der Waals surface area contributed by atoms with Gasteiger partial charge in [0.2, 0.25) is 5.91 Å². The normalized spacial score (nSPS) is 10.1. The van der Waals surface area contributed by atoms with Crippen molar-refractivity contribution in [3.05, 3.63) is 51.7 Å². The first-order chi connectivity index (χ1) is 11.5. The molecule has 7 heteroatoms. The van der Waals surface area contributed by atoms with Crippen LogP contribution in [0, 0.1) is 13.8 Å². The second-order valence-electron chi connectivity index (χ2n) is 5.28. The minimum Gasteiger partial charge on any atom is -0.331 e. The Hall–Kier alpha value is -2.25. The topological polar surface area (TPSA) is 70.2 Å². The largest absolute Gasteiger partial charge is 0.331 e. The minimum atomic E-state index is -0.287. The number of ketones is 1. The number of hydrogen-bond acceptors (Lipinski definition) is 4. The molecule has 0 saturated carbocycles. The first kappa shape index (κ1) is 18.1. The van der Waals surface area contributed by atoms with Gasteiger partial charge in [0.15, 0.2) is 10.9 Å². The summed E-state index contributed by atoms with van der Waals surface area (Å²) in [6.07, 6.45) is 0.279. The summed E-state index contributed by atoms with van der Waals surface area (Å²) < 4.78 is 0. The van der Waals surface area contributed by atoms with Gasteiger partial charge in [-0.05, 0) is 54.7 Å². The lowest BCUT2D eigenvalue weighted by atomic mass is 10.1. The van der Waals surface area contributed by atoms with E-state index >= 15 is 0 Å². The van der Waals surface area contributed by atoms with Crippen LogP contribution in [0.5, 0.6) is 0 Å². The first-order valence-corrected chi connectivity index (χ1v) is 8.75. The van der Waals surface area contributed by atoms with Crippen LogP contribution in [0.25, 0.3) is 0 Å². The third-order valence-electron chi connectivity index (χ3n) is 3.54. The number of amides is 1. The smallest absolute Gasteiger partial charge is 0.238 e. The van der Waals surface area contributed by atoms with Gasteiger partial charge in [-0.25, -0.2) is 0 Å². The van der Waals surface area contributed by atoms with Gasteiger partial charge in [-0.3, -0.25) is 20.4 Å². The monoisotopic (exact) mass is 361 g/mol. The van der Waals surface area contributed by atoms with E-state index in [1.165, 1.54) is 11.3 Å². The number of Topliss-reactive ketones (excluding diaryl/α,β-unsaturated/α-hetero) is 1. The molecule has 126 valence electrons. The Morgan fingerprint density at radius 1 is 1.08 bits per heavy atom. The zero-order valence-electron chi connectivity index (χ0n) is 13.5. The van der Waals surface area contributed by atoms with Crippen molar-refractivity contribution in [3.8, 4) is 0 Å². The van der Waals surface area contributed by atoms with Crippen LogP contribution in [0.15, 0.2) is 35.7 Å². The Morgan fingerprint density at radius 2 is 1.88 bits per heavy atom. The Kier molecular flexibility index (Phi) is 6.45. The molecule has 24 heavy (non-hydrogen) atoms. The molecule has 0 saturated heterocycles. The van der Waals surface area contributed by atoms with E-state index in [4.69, 9.17) is 12.2 Å². The number of hydrogen-bond donors (Lipinski definition) is 3. The number of hydrazine groups is 1. The fraction of sp³-hybridized carbons (Fsp3) is 0.235. The molecule has 0 fully saturated rings. The maximum atomic E-state index is 11.8. The van der Waals surface area contributed by atoms with Crippen molar-refractivity contribution in [1.29, 1.82) is 0 Å². The van der Waals surface area contributed by atoms with Gasteiger partial charge >= 0.3 is 0 Å². The summed E-state index contributed by atoms with van der Waals surface area (Å²) in [5, 5.41) is 5.17. The average Bonchev–Trinajstić information content (AvgIpc) is 3.09. The van der Waals surface area contributed by atoms with Crippen LogP contribution >= 0.6 is 23.6 Å². The van der Waals surface area contributed by atoms with Crippen molar-refractivity contribution < 1.29 is 9.59 Å². The number of thiophene rings is 1. The molecule has 0 aliphatic rings. The van der Waals surface area contributed by atoms with Gasteiger partial charge in [0.05, 0.1) is 4.88 Å². The summed E-state index contributed by atoms with van der Waals surface area (Å²) in [4.78, 5) is 24.3. The second kappa shape index (κ2) is 8.56. The number of carbonyl (C=O) groups excluding carboxylic acids is 2. The van der Waals surface area contributed by atoms with Gasteiger partial charge in [0.1, 0.15) is 0 Å². The van der Waals surface area contributed by atoms with Crippen molar-refractivity contribution in [3.63, 3.8) is 0 Å². The predicted molar refractivity (Wildman–Crippen MR) is 101 cm³/mol. The van der Waals surface area contributed by atoms with Crippen molar-refractivity contribution in [2.75, 3.05) is 5.32 Å². The van der Waals surface area contributed by atoms with Crippen molar-refractivity contribution >= 4 is 46.0 Å². The molecular weight excluding hydrogens is 342 g/mol. The average molecular weight is 361 g/mol. The van der Waals surface area contributed by atoms with E-state index in [1.54, 1.807) is 6.07 Å². The van der Waals surface area contributed by atoms with Crippen LogP contribution in [0.3, 0.4) is 0 Å². The van der Waals surface area contributed by atoms with E-state index in [-0.39, 0.29) is 24.5 Å². The molecule has 0 atom stereocenters. The zero-order valence-corrected chi connectivity index (χ0v) is 15.1. The first-order valence-electron chi connectivity index (χ1n) is 7.46. The molecule has 0 bridgehead atoms. The molecule has 0 spiro atoms. The van der Waals surface area contributed by atoms with Crippen molar-refractivity contribution in [2.24, 2.45) is 0 Å². The SMILES string of the molecule is Cc1cccc(NC(=S)NNC(=O)CCC(=O)c2cccs2)c1C. The van der Waals surface area contributed by atoms with E-state index in [2.05, 4.69) is 16.2 Å². The van der Waals surface area contributed by atoms with Gasteiger partial charge < -0.3 is 5.32 Å². The third kappa shape index (κ3) is 5.14. The van der Waals surface area contributed by atoms with Gasteiger partial charge in [-0.2, -0.15) is 0 Å². The summed E-state index contributed by atoms with van der Waals surface area (Å²) in [7, 11) is 0. The summed E-state index contributed by atoms with van der Waals surface area (Å²) in [5.74, 6) is -0.318. The zero-order chi connectivity index (χ0) is 17.5. The van der Waals surface area contributed by atoms with E-state index in [1.807, 2.05) is 43.5 Å². The van der Waals surface area contributed by atoms with Crippen molar-refractivity contribution in [2.45, 2.75) is 26.7 Å². The third-order valence-corrected chi connectivity index (χ3v) is 4.66. The maximum Gasteiger partial charge on any atom is 0.238 e. The minimum absolute atomic E-state index is 0.0313. The number of aryl methyl sites for hydroxylation is 1. The molecule has 0 aliphatic carbocycles.